The van der Waals surface area contributed by atoms with Crippen molar-refractivity contribution in [2.24, 2.45) is 41.4 Å². The van der Waals surface area contributed by atoms with E-state index in [2.05, 4.69) is 0 Å². The van der Waals surface area contributed by atoms with Gasteiger partial charge in [0.2, 0.25) is 5.79 Å². The fourth-order valence-electron chi connectivity index (χ4n) is 11.7. The Morgan fingerprint density at radius 2 is 1.61 bits per heavy atom. The Labute approximate surface area is 426 Å². The van der Waals surface area contributed by atoms with E-state index in [9.17, 15) is 49.2 Å². The van der Waals surface area contributed by atoms with Crippen LogP contribution in [0.15, 0.2) is 47.6 Å². The Morgan fingerprint density at radius 1 is 0.889 bits per heavy atom. The molecule has 8 unspecified atom stereocenters. The number of aliphatic hydroxyl groups is 4. The quantitative estimate of drug-likeness (QED) is 0.126. The molecule has 5 aliphatic rings. The maximum atomic E-state index is 14.5. The molecule has 1 aliphatic carbocycles. The van der Waals surface area contributed by atoms with Crippen molar-refractivity contribution < 1.29 is 72.9 Å². The number of fused-ring (bicyclic) bond motifs is 4. The highest BCUT2D eigenvalue weighted by Crippen LogP contribution is 2.45. The predicted octanol–water partition coefficient (Wildman–Crippen LogP) is 4.61. The molecule has 0 aromatic carbocycles. The second kappa shape index (κ2) is 27.6. The largest absolute Gasteiger partial charge is 0.460 e. The van der Waals surface area contributed by atoms with Crippen molar-refractivity contribution >= 4 is 35.2 Å². The summed E-state index contributed by atoms with van der Waals surface area (Å²) in [6, 6.07) is -1.17. The van der Waals surface area contributed by atoms with Crippen molar-refractivity contribution in [3.05, 3.63) is 47.6 Å². The number of amides is 1. The fraction of sp³-hybridized carbons (Fsp3) is 0.745. The molecule has 4 fully saturated rings. The Morgan fingerprint density at radius 3 is 2.29 bits per heavy atom. The van der Waals surface area contributed by atoms with Crippen LogP contribution >= 0.6 is 0 Å². The summed E-state index contributed by atoms with van der Waals surface area (Å²) >= 11 is 0. The van der Waals surface area contributed by atoms with E-state index in [1.54, 1.807) is 38.9 Å². The van der Waals surface area contributed by atoms with Gasteiger partial charge in [0, 0.05) is 63.9 Å². The first-order valence-electron chi connectivity index (χ1n) is 26.3. The molecular formula is C55H84N2O15. The molecule has 15 atom stereocenters. The second-order valence-electron chi connectivity index (χ2n) is 21.4. The highest BCUT2D eigenvalue weighted by Gasteiger charge is 2.57. The van der Waals surface area contributed by atoms with E-state index in [0.717, 1.165) is 5.57 Å². The summed E-state index contributed by atoms with van der Waals surface area (Å²) in [7, 11) is 2.92. The molecule has 5 rings (SSSR count). The summed E-state index contributed by atoms with van der Waals surface area (Å²) in [4.78, 5) is 87.2. The van der Waals surface area contributed by atoms with Gasteiger partial charge in [0.05, 0.1) is 32.0 Å². The lowest BCUT2D eigenvalue weighted by molar-refractivity contribution is -0.263. The van der Waals surface area contributed by atoms with Crippen molar-refractivity contribution in [2.45, 2.75) is 167 Å². The lowest BCUT2D eigenvalue weighted by Crippen LogP contribution is -2.65. The number of hydrogen-bond donors (Lipinski definition) is 4. The van der Waals surface area contributed by atoms with Crippen LogP contribution in [0.25, 0.3) is 0 Å². The topological polar surface area (TPSA) is 236 Å². The molecular weight excluding hydrogens is 929 g/mol. The van der Waals surface area contributed by atoms with Gasteiger partial charge >= 0.3 is 11.9 Å². The van der Waals surface area contributed by atoms with Gasteiger partial charge < -0.3 is 49.0 Å². The first-order chi connectivity index (χ1) is 34.3. The number of aliphatic hydroxyl groups excluding tert-OH is 3. The number of rotatable bonds is 11. The number of allylic oxidation sites excluding steroid dienone is 7. The summed E-state index contributed by atoms with van der Waals surface area (Å²) in [6.07, 6.45) is 11.7. The van der Waals surface area contributed by atoms with Gasteiger partial charge in [0.1, 0.15) is 36.2 Å². The predicted molar refractivity (Wildman–Crippen MR) is 267 cm³/mol. The molecule has 17 nitrogen and oxygen atoms in total. The van der Waals surface area contributed by atoms with E-state index in [0.29, 0.717) is 76.2 Å². The first-order valence-corrected chi connectivity index (χ1v) is 26.3. The van der Waals surface area contributed by atoms with Crippen molar-refractivity contribution in [1.29, 1.82) is 0 Å². The van der Waals surface area contributed by atoms with Crippen LogP contribution in [-0.2, 0) is 52.5 Å². The average molecular weight is 1010 g/mol. The van der Waals surface area contributed by atoms with Crippen molar-refractivity contribution in [3.8, 4) is 0 Å². The van der Waals surface area contributed by atoms with Crippen LogP contribution in [0.4, 0.5) is 0 Å². The molecule has 4 heterocycles. The summed E-state index contributed by atoms with van der Waals surface area (Å²) in [5, 5.41) is 42.4. The number of carbonyl (C=O) groups excluding carboxylic acids is 6. The van der Waals surface area contributed by atoms with Crippen LogP contribution in [0, 0.1) is 41.4 Å². The van der Waals surface area contributed by atoms with Crippen molar-refractivity contribution in [1.82, 2.24) is 9.80 Å². The molecule has 4 N–H and O–H groups in total. The normalized spacial score (nSPS) is 38.6. The Balaban J connectivity index is 1.46. The number of carbonyl (C=O) groups is 6. The SMILES string of the molecule is COC1CC(CC2[C@H]3CCCN4C(=O)C(=O)C5(O)O[C@H](CC/C(C)=C/C=C/C=C/[C@@H](C)CC(C)C(=O)[C@H](OC)C(O)/C(C)=C/[C@@H](C)C(=O)C[C@@H]2OC(=O)C34)CCC5C)CC[C@H]1OC(=O)CN(CCO)CCO. The number of ketones is 3. The van der Waals surface area contributed by atoms with Gasteiger partial charge in [-0.3, -0.25) is 28.9 Å². The lowest BCUT2D eigenvalue weighted by atomic mass is 9.68. The van der Waals surface area contributed by atoms with Gasteiger partial charge in [-0.05, 0) is 108 Å². The number of ether oxygens (including phenoxy) is 5. The maximum absolute atomic E-state index is 14.5. The molecule has 4 aliphatic heterocycles. The Bertz CT molecular complexity index is 1990. The molecule has 17 heteroatoms. The highest BCUT2D eigenvalue weighted by atomic mass is 16.6. The van der Waals surface area contributed by atoms with Crippen molar-refractivity contribution in [3.63, 3.8) is 0 Å². The number of piperidine rings is 1. The molecule has 404 valence electrons. The minimum Gasteiger partial charge on any atom is -0.460 e. The monoisotopic (exact) mass is 1010 g/mol. The minimum absolute atomic E-state index is 0.0293. The smallest absolute Gasteiger partial charge is 0.329 e. The second-order valence-corrected chi connectivity index (χ2v) is 21.4. The van der Waals surface area contributed by atoms with E-state index in [1.807, 2.05) is 51.2 Å². The van der Waals surface area contributed by atoms with Gasteiger partial charge in [-0.25, -0.2) is 4.79 Å². The van der Waals surface area contributed by atoms with E-state index < -0.39 is 102 Å². The summed E-state index contributed by atoms with van der Waals surface area (Å²) < 4.78 is 29.8. The standard InChI is InChI=1S/C55H84N2O15/c1-33-13-10-9-11-14-34(2)27-36(4)49(62)51(69-8)50(63)37(5)28-35(3)43(60)31-45-42(29-39-18-21-44(46(30-39)68-7)70-47(61)32-56(23-25-58)24-26-59)41-15-12-22-57(48(41)54(66)71-45)53(65)52(64)55(67)38(6)17-20-40(72-55)19-16-33/h9-11,13-14,28,34-36,38-42,44-46,48,50-51,58-59,63,67H,12,15-27,29-32H2,1-8H3/b10-9+,14-11+,33-13+,37-28+/t34-,35-,36?,38?,39?,40-,41-,42?,44-,45+,46?,48?,50?,51+,55?/m1/s1. The summed E-state index contributed by atoms with van der Waals surface area (Å²) in [5.41, 5.74) is 1.42. The van der Waals surface area contributed by atoms with Crippen LogP contribution in [0.2, 0.25) is 0 Å². The number of Topliss-reactive ketones (excluding diaryl/α,β-unsaturated/α-hetero) is 3. The average Bonchev–Trinajstić information content (AvgIpc) is 3.34. The lowest BCUT2D eigenvalue weighted by Gasteiger charge is -2.50. The molecule has 3 saturated heterocycles. The molecule has 4 bridgehead atoms. The Kier molecular flexibility index (Phi) is 22.6. The third kappa shape index (κ3) is 15.1. The van der Waals surface area contributed by atoms with Crippen LogP contribution in [-0.4, -0.2) is 167 Å². The molecule has 0 aromatic heterocycles. The third-order valence-electron chi connectivity index (χ3n) is 16.0. The van der Waals surface area contributed by atoms with E-state index >= 15 is 0 Å². The zero-order valence-electron chi connectivity index (χ0n) is 43.9. The zero-order valence-corrected chi connectivity index (χ0v) is 43.9. The number of esters is 2. The highest BCUT2D eigenvalue weighted by molar-refractivity contribution is 6.39. The molecule has 1 saturated carbocycles. The van der Waals surface area contributed by atoms with Crippen LogP contribution < -0.4 is 0 Å². The molecule has 0 aromatic rings. The number of methoxy groups -OCH3 is 2. The van der Waals surface area contributed by atoms with E-state index in [1.165, 1.54) is 12.0 Å². The molecule has 72 heavy (non-hydrogen) atoms. The fourth-order valence-corrected chi connectivity index (χ4v) is 11.7. The van der Waals surface area contributed by atoms with E-state index in [-0.39, 0.29) is 69.2 Å². The van der Waals surface area contributed by atoms with Gasteiger partial charge in [-0.1, -0.05) is 69.7 Å². The molecule has 1 amide bonds. The molecule has 0 spiro atoms. The summed E-state index contributed by atoms with van der Waals surface area (Å²) in [5.74, 6) is -9.28. The van der Waals surface area contributed by atoms with Crippen LogP contribution in [0.5, 0.6) is 0 Å². The zero-order chi connectivity index (χ0) is 52.9. The number of hydrogen-bond acceptors (Lipinski definition) is 16. The minimum atomic E-state index is -2.41. The molecule has 0 radical (unpaired) electrons. The van der Waals surface area contributed by atoms with E-state index in [4.69, 9.17) is 23.7 Å². The van der Waals surface area contributed by atoms with Gasteiger partial charge in [-0.15, -0.1) is 0 Å². The van der Waals surface area contributed by atoms with Gasteiger partial charge in [0.15, 0.2) is 5.78 Å². The van der Waals surface area contributed by atoms with Crippen LogP contribution in [0.1, 0.15) is 119 Å². The maximum Gasteiger partial charge on any atom is 0.329 e. The Hall–Kier alpha value is -3.94. The number of nitrogens with zero attached hydrogens (tertiary/aromatic N) is 2. The van der Waals surface area contributed by atoms with Gasteiger partial charge in [-0.2, -0.15) is 0 Å². The summed E-state index contributed by atoms with van der Waals surface area (Å²) in [6.45, 7) is 10.8. The van der Waals surface area contributed by atoms with Gasteiger partial charge in [0.25, 0.3) is 11.7 Å². The van der Waals surface area contributed by atoms with Crippen LogP contribution in [0.3, 0.4) is 0 Å². The van der Waals surface area contributed by atoms with Crippen molar-refractivity contribution in [2.75, 3.05) is 53.6 Å². The third-order valence-corrected chi connectivity index (χ3v) is 16.0. The first kappa shape index (κ1) is 58.9.